The van der Waals surface area contributed by atoms with Gasteiger partial charge in [0.25, 0.3) is 0 Å². The van der Waals surface area contributed by atoms with Crippen LogP contribution in [0.5, 0.6) is 0 Å². The fourth-order valence-electron chi connectivity index (χ4n) is 2.00. The normalized spacial score (nSPS) is 28.9. The summed E-state index contributed by atoms with van der Waals surface area (Å²) in [6, 6.07) is -1.70. The van der Waals surface area contributed by atoms with Crippen molar-refractivity contribution in [2.75, 3.05) is 0 Å². The number of hydrogen-bond acceptors (Lipinski definition) is 6. The van der Waals surface area contributed by atoms with Crippen LogP contribution < -0.4 is 0 Å². The molecule has 0 unspecified atom stereocenters. The molecule has 1 aliphatic heterocycles. The zero-order valence-corrected chi connectivity index (χ0v) is 10.4. The molecule has 18 heavy (non-hydrogen) atoms. The van der Waals surface area contributed by atoms with Crippen LogP contribution in [0.1, 0.15) is 20.3 Å². The van der Waals surface area contributed by atoms with Gasteiger partial charge in [-0.15, -0.1) is 4.91 Å². The highest BCUT2D eigenvalue weighted by atomic mass is 32.2. The van der Waals surface area contributed by atoms with Crippen LogP contribution in [0.4, 0.5) is 0 Å². The minimum Gasteiger partial charge on any atom is -0.481 e. The zero-order chi connectivity index (χ0) is 14.3. The van der Waals surface area contributed by atoms with Gasteiger partial charge in [0.05, 0.1) is 11.7 Å². The van der Waals surface area contributed by atoms with E-state index >= 15 is 0 Å². The Morgan fingerprint density at radius 1 is 1.33 bits per heavy atom. The fraction of sp³-hybridized carbons (Fsp3) is 0.750. The third kappa shape index (κ3) is 1.82. The van der Waals surface area contributed by atoms with E-state index in [0.29, 0.717) is 5.01 Å². The van der Waals surface area contributed by atoms with Crippen molar-refractivity contribution in [3.63, 3.8) is 0 Å². The summed E-state index contributed by atoms with van der Waals surface area (Å²) in [5.41, 5.74) is 0. The van der Waals surface area contributed by atoms with Crippen LogP contribution in [0.25, 0.3) is 0 Å². The molecule has 0 aliphatic carbocycles. The third-order valence-corrected chi connectivity index (χ3v) is 5.78. The van der Waals surface area contributed by atoms with Gasteiger partial charge in [-0.1, -0.05) is 0 Å². The van der Waals surface area contributed by atoms with Gasteiger partial charge >= 0.3 is 11.9 Å². The highest BCUT2D eigenvalue weighted by molar-refractivity contribution is 7.93. The Morgan fingerprint density at radius 2 is 1.83 bits per heavy atom. The van der Waals surface area contributed by atoms with Crippen LogP contribution in [0.15, 0.2) is 5.29 Å². The summed E-state index contributed by atoms with van der Waals surface area (Å²) in [5, 5.41) is 18.5. The van der Waals surface area contributed by atoms with Gasteiger partial charge in [-0.3, -0.25) is 4.79 Å². The Balaban J connectivity index is 3.40. The first-order chi connectivity index (χ1) is 8.07. The Labute approximate surface area is 102 Å². The summed E-state index contributed by atoms with van der Waals surface area (Å²) in [7, 11) is -4.15. The first-order valence-electron chi connectivity index (χ1n) is 4.87. The second-order valence-electron chi connectivity index (χ2n) is 4.40. The van der Waals surface area contributed by atoms with Crippen molar-refractivity contribution in [1.29, 1.82) is 0 Å². The van der Waals surface area contributed by atoms with E-state index in [2.05, 4.69) is 5.29 Å². The van der Waals surface area contributed by atoms with Crippen LogP contribution >= 0.6 is 0 Å². The SMILES string of the molecule is CC1(C)[C@H](C(=O)O)N(N=O)[C@@H](CC(=O)O)S1(=O)=O. The van der Waals surface area contributed by atoms with E-state index in [9.17, 15) is 22.9 Å². The summed E-state index contributed by atoms with van der Waals surface area (Å²) < 4.78 is 22.3. The molecule has 102 valence electrons. The van der Waals surface area contributed by atoms with Crippen LogP contribution in [0.2, 0.25) is 0 Å². The number of carboxylic acid groups (broad SMARTS) is 2. The van der Waals surface area contributed by atoms with Gasteiger partial charge in [0.1, 0.15) is 4.75 Å². The molecular weight excluding hydrogens is 268 g/mol. The molecule has 0 aromatic heterocycles. The van der Waals surface area contributed by atoms with Gasteiger partial charge in [-0.05, 0) is 13.8 Å². The molecule has 9 nitrogen and oxygen atoms in total. The number of carboxylic acids is 2. The molecule has 1 heterocycles. The molecule has 0 spiro atoms. The first-order valence-corrected chi connectivity index (χ1v) is 6.41. The summed E-state index contributed by atoms with van der Waals surface area (Å²) >= 11 is 0. The Morgan fingerprint density at radius 3 is 2.17 bits per heavy atom. The Kier molecular flexibility index (Phi) is 3.34. The molecule has 0 saturated carbocycles. The first kappa shape index (κ1) is 14.4. The summed E-state index contributed by atoms with van der Waals surface area (Å²) in [6.45, 7) is 2.25. The topological polar surface area (TPSA) is 141 Å². The van der Waals surface area contributed by atoms with Crippen molar-refractivity contribution in [2.24, 2.45) is 5.29 Å². The predicted molar refractivity (Wildman–Crippen MR) is 58.1 cm³/mol. The lowest BCUT2D eigenvalue weighted by Gasteiger charge is -2.22. The highest BCUT2D eigenvalue weighted by Crippen LogP contribution is 2.40. The van der Waals surface area contributed by atoms with Gasteiger partial charge in [0, 0.05) is 0 Å². The molecule has 1 aliphatic rings. The van der Waals surface area contributed by atoms with E-state index in [1.807, 2.05) is 0 Å². The fourth-order valence-corrected chi connectivity index (χ4v) is 4.02. The van der Waals surface area contributed by atoms with Gasteiger partial charge in [0.15, 0.2) is 21.3 Å². The van der Waals surface area contributed by atoms with Crippen molar-refractivity contribution in [3.8, 4) is 0 Å². The second-order valence-corrected chi connectivity index (χ2v) is 7.09. The maximum absolute atomic E-state index is 12.1. The molecule has 1 fully saturated rings. The molecule has 2 atom stereocenters. The monoisotopic (exact) mass is 280 g/mol. The molecule has 0 aromatic carbocycles. The van der Waals surface area contributed by atoms with E-state index in [4.69, 9.17) is 10.2 Å². The van der Waals surface area contributed by atoms with E-state index in [0.717, 1.165) is 13.8 Å². The average Bonchev–Trinajstić information content (AvgIpc) is 2.34. The molecule has 0 bridgehead atoms. The predicted octanol–water partition coefficient (Wildman–Crippen LogP) is -0.569. The molecule has 2 N–H and O–H groups in total. The van der Waals surface area contributed by atoms with Crippen LogP contribution in [0.3, 0.4) is 0 Å². The molecule has 0 amide bonds. The van der Waals surface area contributed by atoms with Crippen molar-refractivity contribution in [3.05, 3.63) is 4.91 Å². The van der Waals surface area contributed by atoms with Crippen molar-refractivity contribution in [2.45, 2.75) is 36.4 Å². The van der Waals surface area contributed by atoms with E-state index < -0.39 is 44.4 Å². The molecule has 0 radical (unpaired) electrons. The molecule has 0 aromatic rings. The number of carbonyl (C=O) groups is 2. The molecule has 10 heteroatoms. The molecule has 1 saturated heterocycles. The van der Waals surface area contributed by atoms with E-state index in [-0.39, 0.29) is 0 Å². The maximum Gasteiger partial charge on any atom is 0.329 e. The van der Waals surface area contributed by atoms with Crippen LogP contribution in [-0.4, -0.2) is 51.7 Å². The average molecular weight is 280 g/mol. The lowest BCUT2D eigenvalue weighted by molar-refractivity contribution is -0.145. The maximum atomic E-state index is 12.1. The number of hydrogen-bond donors (Lipinski definition) is 2. The smallest absolute Gasteiger partial charge is 0.329 e. The number of nitroso groups, excluding NO2 is 1. The van der Waals surface area contributed by atoms with Crippen molar-refractivity contribution in [1.82, 2.24) is 5.01 Å². The van der Waals surface area contributed by atoms with E-state index in [1.54, 1.807) is 0 Å². The number of nitrogens with zero attached hydrogens (tertiary/aromatic N) is 2. The summed E-state index contributed by atoms with van der Waals surface area (Å²) in [6.07, 6.45) is -0.902. The van der Waals surface area contributed by atoms with Crippen molar-refractivity contribution >= 4 is 21.8 Å². The van der Waals surface area contributed by atoms with Gasteiger partial charge < -0.3 is 10.2 Å². The third-order valence-electron chi connectivity index (χ3n) is 2.99. The Hall–Kier alpha value is -1.71. The number of aliphatic carboxylic acids is 2. The van der Waals surface area contributed by atoms with Crippen molar-refractivity contribution < 1.29 is 28.2 Å². The second kappa shape index (κ2) is 4.19. The summed E-state index contributed by atoms with van der Waals surface area (Å²) in [5.74, 6) is -3.00. The van der Waals surface area contributed by atoms with Gasteiger partial charge in [-0.2, -0.15) is 0 Å². The minimum absolute atomic E-state index is 0.297. The number of sulfone groups is 1. The van der Waals surface area contributed by atoms with Gasteiger partial charge in [-0.25, -0.2) is 18.2 Å². The quantitative estimate of drug-likeness (QED) is 0.652. The zero-order valence-electron chi connectivity index (χ0n) is 9.60. The minimum atomic E-state index is -4.15. The van der Waals surface area contributed by atoms with Crippen LogP contribution in [-0.2, 0) is 19.4 Å². The Bertz CT molecular complexity index is 498. The highest BCUT2D eigenvalue weighted by Gasteiger charge is 2.63. The lowest BCUT2D eigenvalue weighted by atomic mass is 10.0. The standard InChI is InChI=1S/C8H12N2O7S/c1-8(2)6(7(13)14)10(9-15)4(3-5(11)12)18(8,16)17/h4,6H,3H2,1-2H3,(H,11,12)(H,13,14)/t4-,6+/m1/s1. The van der Waals surface area contributed by atoms with Gasteiger partial charge in [0.2, 0.25) is 0 Å². The summed E-state index contributed by atoms with van der Waals surface area (Å²) in [4.78, 5) is 32.3. The molecule has 1 rings (SSSR count). The largest absolute Gasteiger partial charge is 0.481 e. The van der Waals surface area contributed by atoms with E-state index in [1.165, 1.54) is 0 Å². The molecular formula is C8H12N2O7S. The number of rotatable bonds is 4. The lowest BCUT2D eigenvalue weighted by Crippen LogP contribution is -2.46. The van der Waals surface area contributed by atoms with Crippen LogP contribution in [0, 0.1) is 4.91 Å².